The first-order valence-electron chi connectivity index (χ1n) is 7.73. The standard InChI is InChI=1S/C16H21N3O3/c1-5-8-22-16-13-12(11(9(2)3)6-7-17-13)15(21)19(16)10(4)14(20)18-16/h6-7,9-10H,5,8H2,1-4H3,(H,18,20)/t10-,16+/m1/s1. The summed E-state index contributed by atoms with van der Waals surface area (Å²) in [5.74, 6) is -1.46. The lowest BCUT2D eigenvalue weighted by atomic mass is 9.97. The van der Waals surface area contributed by atoms with E-state index in [1.54, 1.807) is 13.1 Å². The number of rotatable bonds is 4. The van der Waals surface area contributed by atoms with E-state index in [9.17, 15) is 9.59 Å². The van der Waals surface area contributed by atoms with Crippen molar-refractivity contribution in [2.75, 3.05) is 6.61 Å². The minimum Gasteiger partial charge on any atom is -0.333 e. The highest BCUT2D eigenvalue weighted by molar-refractivity contribution is 6.05. The Morgan fingerprint density at radius 3 is 2.82 bits per heavy atom. The zero-order chi connectivity index (χ0) is 16.1. The lowest BCUT2D eigenvalue weighted by Gasteiger charge is -2.31. The summed E-state index contributed by atoms with van der Waals surface area (Å²) in [6.45, 7) is 8.20. The van der Waals surface area contributed by atoms with Crippen LogP contribution in [0.5, 0.6) is 0 Å². The zero-order valence-corrected chi connectivity index (χ0v) is 13.3. The molecule has 6 nitrogen and oxygen atoms in total. The molecule has 2 aliphatic rings. The van der Waals surface area contributed by atoms with Crippen LogP contribution in [-0.4, -0.2) is 34.3 Å². The average molecular weight is 303 g/mol. The summed E-state index contributed by atoms with van der Waals surface area (Å²) in [7, 11) is 0. The highest BCUT2D eigenvalue weighted by Gasteiger charge is 2.61. The first-order valence-corrected chi connectivity index (χ1v) is 7.73. The average Bonchev–Trinajstić information content (AvgIpc) is 2.89. The number of nitrogens with one attached hydrogen (secondary N) is 1. The van der Waals surface area contributed by atoms with Crippen LogP contribution in [0.1, 0.15) is 61.6 Å². The third-order valence-electron chi connectivity index (χ3n) is 4.27. The van der Waals surface area contributed by atoms with Gasteiger partial charge in [0.05, 0.1) is 12.2 Å². The van der Waals surface area contributed by atoms with E-state index < -0.39 is 11.9 Å². The van der Waals surface area contributed by atoms with Gasteiger partial charge in [-0.1, -0.05) is 20.8 Å². The van der Waals surface area contributed by atoms with E-state index in [2.05, 4.69) is 10.3 Å². The molecule has 2 atom stereocenters. The van der Waals surface area contributed by atoms with Gasteiger partial charge in [-0.15, -0.1) is 0 Å². The van der Waals surface area contributed by atoms with Crippen LogP contribution in [0.15, 0.2) is 12.3 Å². The molecule has 118 valence electrons. The molecule has 1 saturated heterocycles. The Bertz CT molecular complexity index is 644. The second-order valence-electron chi connectivity index (χ2n) is 6.11. The van der Waals surface area contributed by atoms with Crippen LogP contribution >= 0.6 is 0 Å². The van der Waals surface area contributed by atoms with Gasteiger partial charge in [0.1, 0.15) is 11.7 Å². The number of aromatic nitrogens is 1. The minimum absolute atomic E-state index is 0.186. The minimum atomic E-state index is -1.25. The molecule has 0 bridgehead atoms. The molecule has 1 N–H and O–H groups in total. The number of amides is 2. The molecule has 0 unspecified atom stereocenters. The number of hydrogen-bond donors (Lipinski definition) is 1. The van der Waals surface area contributed by atoms with E-state index in [1.165, 1.54) is 4.90 Å². The normalized spacial score (nSPS) is 26.4. The van der Waals surface area contributed by atoms with Crippen LogP contribution in [0.3, 0.4) is 0 Å². The molecule has 0 saturated carbocycles. The van der Waals surface area contributed by atoms with Crippen molar-refractivity contribution in [2.45, 2.75) is 51.9 Å². The van der Waals surface area contributed by atoms with Gasteiger partial charge < -0.3 is 10.1 Å². The second-order valence-corrected chi connectivity index (χ2v) is 6.11. The van der Waals surface area contributed by atoms with Crippen molar-refractivity contribution in [3.8, 4) is 0 Å². The highest BCUT2D eigenvalue weighted by Crippen LogP contribution is 2.44. The first-order chi connectivity index (χ1) is 10.4. The SMILES string of the molecule is CCCO[C@@]12NC(=O)[C@@H](C)N1C(=O)c1c(C(C)C)ccnc12. The van der Waals surface area contributed by atoms with E-state index >= 15 is 0 Å². The summed E-state index contributed by atoms with van der Waals surface area (Å²) in [5, 5.41) is 2.85. The first kappa shape index (κ1) is 15.0. The monoisotopic (exact) mass is 303 g/mol. The fourth-order valence-electron chi connectivity index (χ4n) is 3.20. The van der Waals surface area contributed by atoms with Crippen LogP contribution in [0.4, 0.5) is 0 Å². The Morgan fingerprint density at radius 1 is 1.45 bits per heavy atom. The van der Waals surface area contributed by atoms with Crippen molar-refractivity contribution in [1.29, 1.82) is 0 Å². The summed E-state index contributed by atoms with van der Waals surface area (Å²) in [6.07, 6.45) is 2.46. The van der Waals surface area contributed by atoms with Crippen molar-refractivity contribution in [2.24, 2.45) is 0 Å². The molecule has 0 aromatic carbocycles. The summed E-state index contributed by atoms with van der Waals surface area (Å²) < 4.78 is 5.95. The van der Waals surface area contributed by atoms with Crippen molar-refractivity contribution >= 4 is 11.8 Å². The highest BCUT2D eigenvalue weighted by atomic mass is 16.5. The molecular weight excluding hydrogens is 282 g/mol. The summed E-state index contributed by atoms with van der Waals surface area (Å²) in [6, 6.07) is 1.29. The molecule has 1 aromatic rings. The Balaban J connectivity index is 2.20. The van der Waals surface area contributed by atoms with Gasteiger partial charge in [0.2, 0.25) is 5.91 Å². The van der Waals surface area contributed by atoms with E-state index in [0.717, 1.165) is 12.0 Å². The Kier molecular flexibility index (Phi) is 3.44. The summed E-state index contributed by atoms with van der Waals surface area (Å²) in [5.41, 5.74) is 2.01. The lowest BCUT2D eigenvalue weighted by molar-refractivity contribution is -0.145. The van der Waals surface area contributed by atoms with Crippen molar-refractivity contribution in [1.82, 2.24) is 15.2 Å². The van der Waals surface area contributed by atoms with Crippen LogP contribution < -0.4 is 5.32 Å². The summed E-state index contributed by atoms with van der Waals surface area (Å²) in [4.78, 5) is 30.9. The van der Waals surface area contributed by atoms with Gasteiger partial charge in [0.15, 0.2) is 0 Å². The predicted octanol–water partition coefficient (Wildman–Crippen LogP) is 1.72. The molecule has 1 aromatic heterocycles. The maximum absolute atomic E-state index is 12.9. The van der Waals surface area contributed by atoms with Crippen molar-refractivity contribution < 1.29 is 14.3 Å². The number of pyridine rings is 1. The fraction of sp³-hybridized carbons (Fsp3) is 0.562. The molecule has 0 radical (unpaired) electrons. The van der Waals surface area contributed by atoms with Gasteiger partial charge >= 0.3 is 0 Å². The van der Waals surface area contributed by atoms with Crippen LogP contribution in [0, 0.1) is 0 Å². The third-order valence-corrected chi connectivity index (χ3v) is 4.27. The van der Waals surface area contributed by atoms with Crippen LogP contribution in [0.2, 0.25) is 0 Å². The molecule has 0 spiro atoms. The van der Waals surface area contributed by atoms with Gasteiger partial charge in [-0.3, -0.25) is 19.5 Å². The molecule has 22 heavy (non-hydrogen) atoms. The molecule has 0 aliphatic carbocycles. The van der Waals surface area contributed by atoms with E-state index in [-0.39, 0.29) is 17.7 Å². The Labute approximate surface area is 129 Å². The van der Waals surface area contributed by atoms with Crippen LogP contribution in [0.25, 0.3) is 0 Å². The van der Waals surface area contributed by atoms with Gasteiger partial charge in [0.25, 0.3) is 11.8 Å². The topological polar surface area (TPSA) is 71.5 Å². The van der Waals surface area contributed by atoms with Gasteiger partial charge in [-0.25, -0.2) is 0 Å². The van der Waals surface area contributed by atoms with Gasteiger partial charge in [-0.2, -0.15) is 0 Å². The van der Waals surface area contributed by atoms with E-state index in [0.29, 0.717) is 17.9 Å². The predicted molar refractivity (Wildman–Crippen MR) is 80.0 cm³/mol. The quantitative estimate of drug-likeness (QED) is 0.919. The van der Waals surface area contributed by atoms with E-state index in [1.807, 2.05) is 26.8 Å². The fourth-order valence-corrected chi connectivity index (χ4v) is 3.20. The second kappa shape index (κ2) is 5.05. The third kappa shape index (κ3) is 1.80. The smallest absolute Gasteiger partial charge is 0.270 e. The Hall–Kier alpha value is -1.95. The largest absolute Gasteiger partial charge is 0.333 e. The van der Waals surface area contributed by atoms with Crippen LogP contribution in [-0.2, 0) is 15.4 Å². The van der Waals surface area contributed by atoms with E-state index in [4.69, 9.17) is 4.74 Å². The molecule has 2 amide bonds. The van der Waals surface area contributed by atoms with Gasteiger partial charge in [0, 0.05) is 6.20 Å². The van der Waals surface area contributed by atoms with Crippen molar-refractivity contribution in [3.63, 3.8) is 0 Å². The zero-order valence-electron chi connectivity index (χ0n) is 13.3. The molecule has 3 heterocycles. The van der Waals surface area contributed by atoms with Gasteiger partial charge in [-0.05, 0) is 30.9 Å². The Morgan fingerprint density at radius 2 is 2.18 bits per heavy atom. The number of carbonyl (C=O) groups is 2. The molecule has 6 heteroatoms. The lowest BCUT2D eigenvalue weighted by Crippen LogP contribution is -2.50. The summed E-state index contributed by atoms with van der Waals surface area (Å²) >= 11 is 0. The molecular formula is C16H21N3O3. The number of fused-ring (bicyclic) bond motifs is 3. The number of hydrogen-bond acceptors (Lipinski definition) is 4. The molecule has 1 fully saturated rings. The molecule has 3 rings (SSSR count). The number of nitrogens with zero attached hydrogens (tertiary/aromatic N) is 2. The maximum Gasteiger partial charge on any atom is 0.270 e. The number of carbonyl (C=O) groups excluding carboxylic acids is 2. The van der Waals surface area contributed by atoms with Crippen molar-refractivity contribution in [3.05, 3.63) is 29.1 Å². The maximum atomic E-state index is 12.9. The molecule has 2 aliphatic heterocycles. The number of ether oxygens (including phenoxy) is 1.